The van der Waals surface area contributed by atoms with Crippen molar-refractivity contribution < 1.29 is 22.9 Å². The molecule has 3 aromatic rings. The number of benzene rings is 3. The number of carbonyl (C=O) groups is 1. The first-order valence-electron chi connectivity index (χ1n) is 10.3. The summed E-state index contributed by atoms with van der Waals surface area (Å²) in [7, 11) is -0.804. The molecule has 1 unspecified atom stereocenters. The van der Waals surface area contributed by atoms with Gasteiger partial charge < -0.3 is 9.64 Å². The van der Waals surface area contributed by atoms with Crippen molar-refractivity contribution in [1.29, 1.82) is 0 Å². The highest BCUT2D eigenvalue weighted by Gasteiger charge is 2.23. The molecule has 0 aliphatic carbocycles. The van der Waals surface area contributed by atoms with Gasteiger partial charge in [-0.3, -0.25) is 19.6 Å². The Balaban J connectivity index is 1.77. The van der Waals surface area contributed by atoms with Crippen molar-refractivity contribution in [2.45, 2.75) is 24.8 Å². The number of hydrogen-bond donors (Lipinski definition) is 1. The average Bonchev–Trinajstić information content (AvgIpc) is 2.82. The lowest BCUT2D eigenvalue weighted by atomic mass is 10.0. The zero-order valence-corrected chi connectivity index (χ0v) is 20.0. The number of amides is 1. The SMILES string of the molecule is COc1ccccc1C(C)N(C)C(=O)c1ccc(NS(=O)(=O)c2ccc(C)c([N+](=O)[O-])c2)cc1. The van der Waals surface area contributed by atoms with Crippen LogP contribution in [0, 0.1) is 17.0 Å². The fourth-order valence-corrected chi connectivity index (χ4v) is 4.53. The van der Waals surface area contributed by atoms with Crippen LogP contribution < -0.4 is 9.46 Å². The molecular formula is C24H25N3O6S. The molecule has 1 amide bonds. The Morgan fingerprint density at radius 2 is 1.74 bits per heavy atom. The maximum atomic E-state index is 13.0. The van der Waals surface area contributed by atoms with Crippen molar-refractivity contribution >= 4 is 27.3 Å². The Hall–Kier alpha value is -3.92. The molecular weight excluding hydrogens is 458 g/mol. The predicted octanol–water partition coefficient (Wildman–Crippen LogP) is 4.55. The van der Waals surface area contributed by atoms with E-state index in [1.165, 1.54) is 43.3 Å². The Labute approximate surface area is 198 Å². The lowest BCUT2D eigenvalue weighted by Gasteiger charge is -2.26. The third-order valence-corrected chi connectivity index (χ3v) is 6.94. The molecule has 0 fully saturated rings. The van der Waals surface area contributed by atoms with E-state index in [2.05, 4.69) is 4.72 Å². The molecule has 34 heavy (non-hydrogen) atoms. The van der Waals surface area contributed by atoms with Gasteiger partial charge in [-0.15, -0.1) is 0 Å². The molecule has 0 saturated carbocycles. The predicted molar refractivity (Wildman–Crippen MR) is 129 cm³/mol. The first kappa shape index (κ1) is 24.7. The van der Waals surface area contributed by atoms with E-state index in [-0.39, 0.29) is 28.2 Å². The monoisotopic (exact) mass is 483 g/mol. The second kappa shape index (κ2) is 9.92. The summed E-state index contributed by atoms with van der Waals surface area (Å²) in [4.78, 5) is 24.8. The normalized spacial score (nSPS) is 12.0. The standard InChI is InChI=1S/C24H25N3O6S/c1-16-9-14-20(15-22(16)27(29)30)34(31,32)25-19-12-10-18(11-13-19)24(28)26(3)17(2)21-7-5-6-8-23(21)33-4/h5-15,17,25H,1-4H3. The van der Waals surface area contributed by atoms with Crippen LogP contribution in [-0.2, 0) is 10.0 Å². The molecule has 0 aromatic heterocycles. The summed E-state index contributed by atoms with van der Waals surface area (Å²) in [6, 6.07) is 16.8. The van der Waals surface area contributed by atoms with Gasteiger partial charge in [0.2, 0.25) is 0 Å². The van der Waals surface area contributed by atoms with E-state index in [1.54, 1.807) is 19.1 Å². The van der Waals surface area contributed by atoms with Gasteiger partial charge in [-0.25, -0.2) is 8.42 Å². The molecule has 1 atom stereocenters. The highest BCUT2D eigenvalue weighted by atomic mass is 32.2. The average molecular weight is 484 g/mol. The van der Waals surface area contributed by atoms with E-state index >= 15 is 0 Å². The Kier molecular flexibility index (Phi) is 7.21. The highest BCUT2D eigenvalue weighted by molar-refractivity contribution is 7.92. The van der Waals surface area contributed by atoms with Crippen molar-refractivity contribution in [3.63, 3.8) is 0 Å². The van der Waals surface area contributed by atoms with Crippen LogP contribution in [0.15, 0.2) is 71.6 Å². The fourth-order valence-electron chi connectivity index (χ4n) is 3.45. The Bertz CT molecular complexity index is 1320. The number of carbonyl (C=O) groups excluding carboxylic acids is 1. The lowest BCUT2D eigenvalue weighted by Crippen LogP contribution is -2.29. The topological polar surface area (TPSA) is 119 Å². The molecule has 9 nitrogen and oxygen atoms in total. The molecule has 0 bridgehead atoms. The summed E-state index contributed by atoms with van der Waals surface area (Å²) in [6.07, 6.45) is 0. The third-order valence-electron chi connectivity index (χ3n) is 5.56. The van der Waals surface area contributed by atoms with Gasteiger partial charge in [0.1, 0.15) is 5.75 Å². The molecule has 0 aliphatic rings. The fraction of sp³-hybridized carbons (Fsp3) is 0.208. The van der Waals surface area contributed by atoms with E-state index < -0.39 is 14.9 Å². The summed E-state index contributed by atoms with van der Waals surface area (Å²) >= 11 is 0. The number of aryl methyl sites for hydroxylation is 1. The number of hydrogen-bond acceptors (Lipinski definition) is 6. The largest absolute Gasteiger partial charge is 0.496 e. The van der Waals surface area contributed by atoms with Gasteiger partial charge in [-0.05, 0) is 50.2 Å². The zero-order valence-electron chi connectivity index (χ0n) is 19.2. The molecule has 10 heteroatoms. The molecule has 3 aromatic carbocycles. The molecule has 3 rings (SSSR count). The number of nitro benzene ring substituents is 1. The molecule has 0 heterocycles. The van der Waals surface area contributed by atoms with Crippen molar-refractivity contribution in [3.05, 3.63) is 93.5 Å². The zero-order chi connectivity index (χ0) is 25.0. The van der Waals surface area contributed by atoms with Crippen LogP contribution in [0.3, 0.4) is 0 Å². The minimum Gasteiger partial charge on any atom is -0.496 e. The quantitative estimate of drug-likeness (QED) is 0.371. The number of para-hydroxylation sites is 1. The number of methoxy groups -OCH3 is 1. The second-order valence-corrected chi connectivity index (χ2v) is 9.40. The molecule has 178 valence electrons. The van der Waals surface area contributed by atoms with Crippen LogP contribution >= 0.6 is 0 Å². The van der Waals surface area contributed by atoms with Gasteiger partial charge in [0.25, 0.3) is 21.6 Å². The van der Waals surface area contributed by atoms with Crippen LogP contribution in [0.1, 0.15) is 34.5 Å². The van der Waals surface area contributed by atoms with Crippen molar-refractivity contribution in [3.8, 4) is 5.75 Å². The van der Waals surface area contributed by atoms with Crippen molar-refractivity contribution in [2.75, 3.05) is 18.9 Å². The van der Waals surface area contributed by atoms with Crippen LogP contribution in [0.2, 0.25) is 0 Å². The van der Waals surface area contributed by atoms with Crippen molar-refractivity contribution in [2.24, 2.45) is 0 Å². The first-order valence-corrected chi connectivity index (χ1v) is 11.8. The first-order chi connectivity index (χ1) is 16.0. The van der Waals surface area contributed by atoms with Crippen molar-refractivity contribution in [1.82, 2.24) is 4.90 Å². The summed E-state index contributed by atoms with van der Waals surface area (Å²) < 4.78 is 33.2. The summed E-state index contributed by atoms with van der Waals surface area (Å²) in [5.74, 6) is 0.428. The number of sulfonamides is 1. The summed E-state index contributed by atoms with van der Waals surface area (Å²) in [5.41, 5.74) is 1.53. The van der Waals surface area contributed by atoms with Gasteiger partial charge in [0.15, 0.2) is 0 Å². The molecule has 0 radical (unpaired) electrons. The van der Waals surface area contributed by atoms with Crippen LogP contribution in [0.5, 0.6) is 5.75 Å². The number of nitrogens with one attached hydrogen (secondary N) is 1. The minimum atomic E-state index is -4.06. The van der Waals surface area contributed by atoms with Crippen LogP contribution in [0.4, 0.5) is 11.4 Å². The van der Waals surface area contributed by atoms with Gasteiger partial charge in [-0.2, -0.15) is 0 Å². The van der Waals surface area contributed by atoms with Gasteiger partial charge in [-0.1, -0.05) is 24.3 Å². The van der Waals surface area contributed by atoms with E-state index in [4.69, 9.17) is 4.74 Å². The van der Waals surface area contributed by atoms with Gasteiger partial charge in [0, 0.05) is 35.5 Å². The maximum absolute atomic E-state index is 13.0. The number of nitro groups is 1. The van der Waals surface area contributed by atoms with E-state index in [1.807, 2.05) is 31.2 Å². The summed E-state index contributed by atoms with van der Waals surface area (Å²) in [5, 5.41) is 11.1. The molecule has 1 N–H and O–H groups in total. The third kappa shape index (κ3) is 5.18. The summed E-state index contributed by atoms with van der Waals surface area (Å²) in [6.45, 7) is 3.42. The number of anilines is 1. The van der Waals surface area contributed by atoms with E-state index in [9.17, 15) is 23.3 Å². The molecule has 0 spiro atoms. The molecule has 0 saturated heterocycles. The van der Waals surface area contributed by atoms with Crippen LogP contribution in [0.25, 0.3) is 0 Å². The Morgan fingerprint density at radius 1 is 1.09 bits per heavy atom. The maximum Gasteiger partial charge on any atom is 0.273 e. The highest BCUT2D eigenvalue weighted by Crippen LogP contribution is 2.29. The lowest BCUT2D eigenvalue weighted by molar-refractivity contribution is -0.385. The smallest absolute Gasteiger partial charge is 0.273 e. The van der Waals surface area contributed by atoms with E-state index in [0.29, 0.717) is 16.9 Å². The Morgan fingerprint density at radius 3 is 2.35 bits per heavy atom. The number of nitrogens with zero attached hydrogens (tertiary/aromatic N) is 2. The van der Waals surface area contributed by atoms with Gasteiger partial charge in [0.05, 0.1) is 23.0 Å². The van der Waals surface area contributed by atoms with E-state index in [0.717, 1.165) is 11.6 Å². The number of rotatable bonds is 8. The van der Waals surface area contributed by atoms with Crippen LogP contribution in [-0.4, -0.2) is 38.3 Å². The van der Waals surface area contributed by atoms with Gasteiger partial charge >= 0.3 is 0 Å². The second-order valence-electron chi connectivity index (χ2n) is 7.72. The minimum absolute atomic E-state index is 0.222. The molecule has 0 aliphatic heterocycles. The number of ether oxygens (including phenoxy) is 1.